The highest BCUT2D eigenvalue weighted by Crippen LogP contribution is 2.50. The number of benzene rings is 1. The van der Waals surface area contributed by atoms with E-state index in [4.69, 9.17) is 4.74 Å². The van der Waals surface area contributed by atoms with Gasteiger partial charge in [-0.1, -0.05) is 45.0 Å². The molecule has 1 aromatic heterocycles. The maximum Gasteiger partial charge on any atom is 0.251 e. The summed E-state index contributed by atoms with van der Waals surface area (Å²) in [5, 5.41) is 20.2. The molecule has 1 N–H and O–H groups in total. The largest absolute Gasteiger partial charge is 0.473 e. The first-order chi connectivity index (χ1) is 14.5. The van der Waals surface area contributed by atoms with Gasteiger partial charge in [-0.25, -0.2) is 8.78 Å². The summed E-state index contributed by atoms with van der Waals surface area (Å²) in [6.45, 7) is 7.74. The van der Waals surface area contributed by atoms with Crippen LogP contribution in [0.5, 0.6) is 5.88 Å². The molecule has 2 aromatic rings. The van der Waals surface area contributed by atoms with E-state index in [-0.39, 0.29) is 25.1 Å². The first-order valence-corrected chi connectivity index (χ1v) is 10.9. The fourth-order valence-corrected chi connectivity index (χ4v) is 5.13. The minimum absolute atomic E-state index is 0.175. The lowest BCUT2D eigenvalue weighted by Crippen LogP contribution is -2.63. The predicted molar refractivity (Wildman–Crippen MR) is 114 cm³/mol. The van der Waals surface area contributed by atoms with E-state index in [0.717, 1.165) is 5.56 Å². The maximum atomic E-state index is 13.6. The third kappa shape index (κ3) is 4.05. The van der Waals surface area contributed by atoms with Crippen LogP contribution in [0.15, 0.2) is 36.5 Å². The van der Waals surface area contributed by atoms with Crippen LogP contribution in [0.1, 0.15) is 62.6 Å². The quantitative estimate of drug-likeness (QED) is 0.737. The molecule has 0 amide bonds. The second-order valence-corrected chi connectivity index (χ2v) is 9.84. The van der Waals surface area contributed by atoms with E-state index < -0.39 is 23.0 Å². The highest BCUT2D eigenvalue weighted by molar-refractivity contribution is 5.41. The van der Waals surface area contributed by atoms with Gasteiger partial charge in [0.15, 0.2) is 0 Å². The van der Waals surface area contributed by atoms with Crippen LogP contribution in [0.25, 0.3) is 0 Å². The first kappa shape index (κ1) is 22.1. The number of halogens is 2. The molecular weight excluding hydrogens is 400 g/mol. The van der Waals surface area contributed by atoms with E-state index in [9.17, 15) is 13.9 Å². The standard InChI is InChI=1S/C24H31F2N3O2/c1-16(2)17-5-7-18(8-6-17)24(30,22(3)14-29(4)15-22)19-11-21(28-27-13-19)31-20-9-10-23(25,26)12-20/h5-8,11,13,16,20,30H,9-10,12,14-15H2,1-4H3. The summed E-state index contributed by atoms with van der Waals surface area (Å²) in [5.74, 6) is -2.13. The summed E-state index contributed by atoms with van der Waals surface area (Å²) in [7, 11) is 2.02. The molecule has 1 saturated carbocycles. The van der Waals surface area contributed by atoms with Crippen molar-refractivity contribution in [1.82, 2.24) is 15.1 Å². The van der Waals surface area contributed by atoms with Gasteiger partial charge in [0.05, 0.1) is 6.20 Å². The number of hydrogen-bond acceptors (Lipinski definition) is 5. The van der Waals surface area contributed by atoms with Crippen LogP contribution in [0, 0.1) is 5.41 Å². The first-order valence-electron chi connectivity index (χ1n) is 10.9. The molecule has 4 rings (SSSR count). The molecule has 0 spiro atoms. The summed E-state index contributed by atoms with van der Waals surface area (Å²) < 4.78 is 32.9. The Labute approximate surface area is 182 Å². The molecule has 1 aliphatic carbocycles. The molecule has 2 atom stereocenters. The van der Waals surface area contributed by atoms with Crippen molar-refractivity contribution in [1.29, 1.82) is 0 Å². The molecule has 2 fully saturated rings. The van der Waals surface area contributed by atoms with Gasteiger partial charge < -0.3 is 14.7 Å². The molecule has 2 heterocycles. The Morgan fingerprint density at radius 3 is 2.42 bits per heavy atom. The van der Waals surface area contributed by atoms with Crippen molar-refractivity contribution in [2.24, 2.45) is 5.41 Å². The van der Waals surface area contributed by atoms with Gasteiger partial charge in [0.1, 0.15) is 11.7 Å². The van der Waals surface area contributed by atoms with E-state index >= 15 is 0 Å². The predicted octanol–water partition coefficient (Wildman–Crippen LogP) is 4.35. The SMILES string of the molecule is CC(C)c1ccc(C(O)(c2cnnc(OC3CCC(F)(F)C3)c2)C2(C)CN(C)C2)cc1. The maximum absolute atomic E-state index is 13.6. The highest BCUT2D eigenvalue weighted by atomic mass is 19.3. The zero-order valence-corrected chi connectivity index (χ0v) is 18.6. The topological polar surface area (TPSA) is 58.5 Å². The van der Waals surface area contributed by atoms with Gasteiger partial charge >= 0.3 is 0 Å². The molecule has 1 aromatic carbocycles. The van der Waals surface area contributed by atoms with Crippen LogP contribution in [0.4, 0.5) is 8.78 Å². The van der Waals surface area contributed by atoms with Crippen LogP contribution in [-0.4, -0.2) is 52.4 Å². The third-order valence-electron chi connectivity index (χ3n) is 6.80. The smallest absolute Gasteiger partial charge is 0.251 e. The summed E-state index contributed by atoms with van der Waals surface area (Å²) in [6.07, 6.45) is 0.741. The summed E-state index contributed by atoms with van der Waals surface area (Å²) in [4.78, 5) is 2.15. The number of likely N-dealkylation sites (tertiary alicyclic amines) is 1. The van der Waals surface area contributed by atoms with Crippen molar-refractivity contribution in [2.45, 2.75) is 63.6 Å². The normalized spacial score (nSPS) is 24.6. The molecule has 5 nitrogen and oxygen atoms in total. The van der Waals surface area contributed by atoms with Crippen molar-refractivity contribution in [2.75, 3.05) is 20.1 Å². The van der Waals surface area contributed by atoms with Crippen LogP contribution in [0.2, 0.25) is 0 Å². The monoisotopic (exact) mass is 431 g/mol. The fourth-order valence-electron chi connectivity index (χ4n) is 5.13. The Morgan fingerprint density at radius 2 is 1.87 bits per heavy atom. The van der Waals surface area contributed by atoms with Crippen LogP contribution >= 0.6 is 0 Å². The van der Waals surface area contributed by atoms with Crippen molar-refractivity contribution in [3.05, 3.63) is 53.2 Å². The van der Waals surface area contributed by atoms with Crippen LogP contribution in [-0.2, 0) is 5.60 Å². The van der Waals surface area contributed by atoms with Crippen LogP contribution < -0.4 is 4.74 Å². The van der Waals surface area contributed by atoms with Crippen molar-refractivity contribution in [3.8, 4) is 5.88 Å². The van der Waals surface area contributed by atoms with Crippen molar-refractivity contribution >= 4 is 0 Å². The zero-order valence-electron chi connectivity index (χ0n) is 18.6. The minimum Gasteiger partial charge on any atom is -0.473 e. The molecule has 0 radical (unpaired) electrons. The minimum atomic E-state index is -2.70. The summed E-state index contributed by atoms with van der Waals surface area (Å²) >= 11 is 0. The lowest BCUT2D eigenvalue weighted by molar-refractivity contribution is -0.127. The molecule has 2 unspecified atom stereocenters. The average molecular weight is 432 g/mol. The molecule has 31 heavy (non-hydrogen) atoms. The van der Waals surface area contributed by atoms with E-state index in [2.05, 4.69) is 35.9 Å². The number of nitrogens with zero attached hydrogens (tertiary/aromatic N) is 3. The van der Waals surface area contributed by atoms with Gasteiger partial charge in [0, 0.05) is 43.0 Å². The fraction of sp³-hybridized carbons (Fsp3) is 0.583. The van der Waals surface area contributed by atoms with E-state index in [0.29, 0.717) is 24.6 Å². The Morgan fingerprint density at radius 1 is 1.19 bits per heavy atom. The van der Waals surface area contributed by atoms with Gasteiger partial charge in [-0.15, -0.1) is 5.10 Å². The van der Waals surface area contributed by atoms with E-state index in [1.54, 1.807) is 12.3 Å². The number of ether oxygens (including phenoxy) is 1. The number of alkyl halides is 2. The molecule has 1 saturated heterocycles. The molecule has 1 aliphatic heterocycles. The van der Waals surface area contributed by atoms with Gasteiger partial charge in [-0.3, -0.25) is 0 Å². The Bertz CT molecular complexity index is 929. The number of aliphatic hydroxyl groups is 1. The molecule has 7 heteroatoms. The Hall–Kier alpha value is -2.12. The zero-order chi connectivity index (χ0) is 22.4. The molecule has 2 aliphatic rings. The summed E-state index contributed by atoms with van der Waals surface area (Å²) in [5.41, 5.74) is 0.778. The number of hydrogen-bond donors (Lipinski definition) is 1. The van der Waals surface area contributed by atoms with Crippen molar-refractivity contribution in [3.63, 3.8) is 0 Å². The number of aromatic nitrogens is 2. The molecular formula is C24H31F2N3O2. The summed E-state index contributed by atoms with van der Waals surface area (Å²) in [6, 6.07) is 9.69. The van der Waals surface area contributed by atoms with E-state index in [1.807, 2.05) is 31.3 Å². The lowest BCUT2D eigenvalue weighted by atomic mass is 9.62. The van der Waals surface area contributed by atoms with Gasteiger partial charge in [0.2, 0.25) is 5.88 Å². The second-order valence-electron chi connectivity index (χ2n) is 9.84. The van der Waals surface area contributed by atoms with Crippen molar-refractivity contribution < 1.29 is 18.6 Å². The Kier molecular flexibility index (Phi) is 5.54. The van der Waals surface area contributed by atoms with Crippen LogP contribution in [0.3, 0.4) is 0 Å². The molecule has 168 valence electrons. The molecule has 0 bridgehead atoms. The van der Waals surface area contributed by atoms with Gasteiger partial charge in [-0.05, 0) is 30.5 Å². The van der Waals surface area contributed by atoms with Gasteiger partial charge in [0.25, 0.3) is 5.92 Å². The second kappa shape index (κ2) is 7.78. The third-order valence-corrected chi connectivity index (χ3v) is 6.80. The highest BCUT2D eigenvalue weighted by Gasteiger charge is 2.55. The van der Waals surface area contributed by atoms with Gasteiger partial charge in [-0.2, -0.15) is 5.10 Å². The lowest BCUT2D eigenvalue weighted by Gasteiger charge is -2.55. The van der Waals surface area contributed by atoms with E-state index in [1.165, 1.54) is 5.56 Å². The number of rotatable bonds is 6. The average Bonchev–Trinajstić information content (AvgIpc) is 3.04. The Balaban J connectivity index is 1.69.